The molecule has 0 fully saturated rings. The van der Waals surface area contributed by atoms with Gasteiger partial charge in [-0.3, -0.25) is 4.79 Å². The fraction of sp³-hybridized carbons (Fsp3) is 0.231. The number of nitriles is 1. The van der Waals surface area contributed by atoms with Crippen LogP contribution in [0.4, 0.5) is 0 Å². The minimum atomic E-state index is -0.239. The van der Waals surface area contributed by atoms with E-state index in [0.717, 1.165) is 10.6 Å². The van der Waals surface area contributed by atoms with E-state index in [2.05, 4.69) is 0 Å². The van der Waals surface area contributed by atoms with Crippen LogP contribution in [0.2, 0.25) is 0 Å². The zero-order valence-corrected chi connectivity index (χ0v) is 10.6. The van der Waals surface area contributed by atoms with E-state index < -0.39 is 0 Å². The van der Waals surface area contributed by atoms with Crippen LogP contribution in [-0.4, -0.2) is 11.1 Å². The van der Waals surface area contributed by atoms with Crippen molar-refractivity contribution in [2.75, 3.05) is 6.54 Å². The molecule has 0 aliphatic carbocycles. The van der Waals surface area contributed by atoms with Crippen LogP contribution in [0.25, 0.3) is 10.6 Å². The van der Waals surface area contributed by atoms with Gasteiger partial charge in [0.05, 0.1) is 10.6 Å². The molecular weight excluding hydrogens is 246 g/mol. The third-order valence-electron chi connectivity index (χ3n) is 2.65. The van der Waals surface area contributed by atoms with Gasteiger partial charge in [-0.05, 0) is 36.5 Å². The molecule has 0 saturated carbocycles. The van der Waals surface area contributed by atoms with E-state index >= 15 is 0 Å². The highest BCUT2D eigenvalue weighted by molar-refractivity contribution is 7.13. The monoisotopic (exact) mass is 259 g/mol. The van der Waals surface area contributed by atoms with Gasteiger partial charge in [0.15, 0.2) is 0 Å². The van der Waals surface area contributed by atoms with E-state index in [-0.39, 0.29) is 11.1 Å². The third kappa shape index (κ3) is 2.35. The van der Waals surface area contributed by atoms with Gasteiger partial charge in [0.2, 0.25) is 0 Å². The van der Waals surface area contributed by atoms with Crippen LogP contribution in [-0.2, 0) is 6.54 Å². The maximum Gasteiger partial charge on any atom is 0.268 e. The number of hydrogen-bond acceptors (Lipinski definition) is 4. The molecule has 18 heavy (non-hydrogen) atoms. The summed E-state index contributed by atoms with van der Waals surface area (Å²) >= 11 is 1.57. The molecule has 4 nitrogen and oxygen atoms in total. The van der Waals surface area contributed by atoms with Crippen molar-refractivity contribution in [3.05, 3.63) is 45.6 Å². The molecule has 0 saturated heterocycles. The van der Waals surface area contributed by atoms with E-state index in [1.165, 1.54) is 0 Å². The Labute approximate surface area is 109 Å². The Bertz CT molecular complexity index is 623. The van der Waals surface area contributed by atoms with Gasteiger partial charge in [-0.15, -0.1) is 11.3 Å². The van der Waals surface area contributed by atoms with Crippen LogP contribution < -0.4 is 11.3 Å². The molecule has 0 bridgehead atoms. The summed E-state index contributed by atoms with van der Waals surface area (Å²) in [6.07, 6.45) is 0.715. The molecule has 0 aliphatic rings. The highest BCUT2D eigenvalue weighted by atomic mass is 32.1. The average molecular weight is 259 g/mol. The van der Waals surface area contributed by atoms with Crippen molar-refractivity contribution in [3.8, 4) is 16.6 Å². The van der Waals surface area contributed by atoms with Crippen molar-refractivity contribution in [1.29, 1.82) is 5.26 Å². The topological polar surface area (TPSA) is 71.8 Å². The zero-order valence-electron chi connectivity index (χ0n) is 9.80. The molecular formula is C13H13N3OS. The smallest absolute Gasteiger partial charge is 0.268 e. The number of rotatable bonds is 4. The summed E-state index contributed by atoms with van der Waals surface area (Å²) in [5, 5.41) is 10.9. The first-order chi connectivity index (χ1) is 8.77. The van der Waals surface area contributed by atoms with Crippen LogP contribution in [0, 0.1) is 11.3 Å². The van der Waals surface area contributed by atoms with Crippen molar-refractivity contribution < 1.29 is 0 Å². The molecule has 0 aromatic carbocycles. The molecule has 2 rings (SSSR count). The first kappa shape index (κ1) is 12.6. The number of hydrogen-bond donors (Lipinski definition) is 1. The maximum atomic E-state index is 12.1. The molecule has 0 amide bonds. The minimum absolute atomic E-state index is 0.173. The zero-order chi connectivity index (χ0) is 13.0. The maximum absolute atomic E-state index is 12.1. The standard InChI is InChI=1S/C13H13N3OS/c14-6-2-7-16-11(12-3-1-8-18-12)5-4-10(9-15)13(16)17/h1,3-5,8H,2,6-7,14H2. The van der Waals surface area contributed by atoms with E-state index in [1.54, 1.807) is 22.0 Å². The summed E-state index contributed by atoms with van der Waals surface area (Å²) in [6, 6.07) is 9.23. The highest BCUT2D eigenvalue weighted by Crippen LogP contribution is 2.23. The van der Waals surface area contributed by atoms with E-state index in [0.29, 0.717) is 19.5 Å². The summed E-state index contributed by atoms with van der Waals surface area (Å²) in [6.45, 7) is 1.06. The van der Waals surface area contributed by atoms with Crippen molar-refractivity contribution in [2.24, 2.45) is 5.73 Å². The van der Waals surface area contributed by atoms with Crippen molar-refractivity contribution in [3.63, 3.8) is 0 Å². The van der Waals surface area contributed by atoms with Gasteiger partial charge in [0, 0.05) is 6.54 Å². The number of thiophene rings is 1. The number of nitrogens with zero attached hydrogens (tertiary/aromatic N) is 2. The third-order valence-corrected chi connectivity index (χ3v) is 3.55. The lowest BCUT2D eigenvalue weighted by Crippen LogP contribution is -2.25. The first-order valence-electron chi connectivity index (χ1n) is 5.66. The summed E-state index contributed by atoms with van der Waals surface area (Å²) in [5.41, 5.74) is 6.27. The van der Waals surface area contributed by atoms with E-state index in [1.807, 2.05) is 29.6 Å². The molecule has 0 spiro atoms. The molecule has 2 aromatic rings. The van der Waals surface area contributed by atoms with Gasteiger partial charge in [-0.2, -0.15) is 5.26 Å². The Hall–Kier alpha value is -1.90. The predicted molar refractivity (Wildman–Crippen MR) is 72.4 cm³/mol. The lowest BCUT2D eigenvalue weighted by Gasteiger charge is -2.11. The molecule has 92 valence electrons. The number of pyridine rings is 1. The predicted octanol–water partition coefficient (Wildman–Crippen LogP) is 1.80. The largest absolute Gasteiger partial charge is 0.330 e. The van der Waals surface area contributed by atoms with E-state index in [4.69, 9.17) is 11.0 Å². The Morgan fingerprint density at radius 3 is 2.83 bits per heavy atom. The number of nitrogens with two attached hydrogens (primary N) is 1. The normalized spacial score (nSPS) is 10.2. The highest BCUT2D eigenvalue weighted by Gasteiger charge is 2.10. The summed E-state index contributed by atoms with van der Waals surface area (Å²) in [4.78, 5) is 13.1. The molecule has 2 heterocycles. The Morgan fingerprint density at radius 1 is 1.39 bits per heavy atom. The molecule has 2 N–H and O–H groups in total. The van der Waals surface area contributed by atoms with Gasteiger partial charge in [-0.25, -0.2) is 0 Å². The van der Waals surface area contributed by atoms with Crippen LogP contribution in [0.1, 0.15) is 12.0 Å². The van der Waals surface area contributed by atoms with Gasteiger partial charge in [0.25, 0.3) is 5.56 Å². The number of aromatic nitrogens is 1. The Balaban J connectivity index is 2.56. The van der Waals surface area contributed by atoms with Crippen molar-refractivity contribution in [2.45, 2.75) is 13.0 Å². The second-order valence-corrected chi connectivity index (χ2v) is 4.77. The van der Waals surface area contributed by atoms with Crippen molar-refractivity contribution >= 4 is 11.3 Å². The molecule has 2 aromatic heterocycles. The van der Waals surface area contributed by atoms with Crippen LogP contribution in [0.3, 0.4) is 0 Å². The lowest BCUT2D eigenvalue weighted by molar-refractivity contribution is 0.635. The average Bonchev–Trinajstić information content (AvgIpc) is 2.90. The molecule has 5 heteroatoms. The fourth-order valence-electron chi connectivity index (χ4n) is 1.77. The van der Waals surface area contributed by atoms with Crippen LogP contribution in [0.15, 0.2) is 34.4 Å². The van der Waals surface area contributed by atoms with Gasteiger partial charge in [0.1, 0.15) is 11.6 Å². The van der Waals surface area contributed by atoms with Crippen molar-refractivity contribution in [1.82, 2.24) is 4.57 Å². The summed E-state index contributed by atoms with van der Waals surface area (Å²) in [7, 11) is 0. The molecule has 0 atom stereocenters. The second kappa shape index (κ2) is 5.63. The summed E-state index contributed by atoms with van der Waals surface area (Å²) < 4.78 is 1.64. The molecule has 0 unspecified atom stereocenters. The van der Waals surface area contributed by atoms with Gasteiger partial charge >= 0.3 is 0 Å². The van der Waals surface area contributed by atoms with Gasteiger partial charge < -0.3 is 10.3 Å². The molecule has 0 radical (unpaired) electrons. The Morgan fingerprint density at radius 2 is 2.22 bits per heavy atom. The SMILES string of the molecule is N#Cc1ccc(-c2cccs2)n(CCCN)c1=O. The van der Waals surface area contributed by atoms with Gasteiger partial charge in [-0.1, -0.05) is 6.07 Å². The Kier molecular flexibility index (Phi) is 3.92. The lowest BCUT2D eigenvalue weighted by atomic mass is 10.2. The van der Waals surface area contributed by atoms with Crippen LogP contribution in [0.5, 0.6) is 0 Å². The minimum Gasteiger partial charge on any atom is -0.330 e. The van der Waals surface area contributed by atoms with Crippen LogP contribution >= 0.6 is 11.3 Å². The fourth-order valence-corrected chi connectivity index (χ4v) is 2.53. The molecule has 0 aliphatic heterocycles. The second-order valence-electron chi connectivity index (χ2n) is 3.82. The first-order valence-corrected chi connectivity index (χ1v) is 6.53. The van der Waals surface area contributed by atoms with E-state index in [9.17, 15) is 4.79 Å². The summed E-state index contributed by atoms with van der Waals surface area (Å²) in [5.74, 6) is 0. The quantitative estimate of drug-likeness (QED) is 0.910.